The van der Waals surface area contributed by atoms with Gasteiger partial charge in [0.2, 0.25) is 0 Å². The molecule has 58 heavy (non-hydrogen) atoms. The number of hydrogen-bond donors (Lipinski definition) is 0. The molecule has 0 aliphatic carbocycles. The maximum absolute atomic E-state index is 12.7. The average Bonchev–Trinajstić information content (AvgIpc) is 3.22. The molecule has 340 valence electrons. The predicted molar refractivity (Wildman–Crippen MR) is 247 cm³/mol. The van der Waals surface area contributed by atoms with Gasteiger partial charge in [0.1, 0.15) is 13.2 Å². The summed E-state index contributed by atoms with van der Waals surface area (Å²) in [5.74, 6) is -0.881. The second-order valence-corrected chi connectivity index (χ2v) is 17.1. The minimum atomic E-state index is -0.769. The molecule has 6 nitrogen and oxygen atoms in total. The lowest BCUT2D eigenvalue weighted by atomic mass is 10.1. The standard InChI is InChI=1S/C52H96O6/c1-4-7-10-13-16-18-20-22-24-25-26-27-28-30-31-33-36-39-42-45-51(54)57-48-49(47-56-50(53)44-41-38-35-15-12-9-6-3)58-52(55)46-43-40-37-34-32-29-23-21-19-17-14-11-8-5-2/h21-24,49H,4-20,25-48H2,1-3H3/b23-21-,24-22-. The summed E-state index contributed by atoms with van der Waals surface area (Å²) >= 11 is 0. The highest BCUT2D eigenvalue weighted by molar-refractivity contribution is 5.71. The van der Waals surface area contributed by atoms with Crippen LogP contribution in [-0.2, 0) is 28.6 Å². The summed E-state index contributed by atoms with van der Waals surface area (Å²) < 4.78 is 16.7. The second-order valence-electron chi connectivity index (χ2n) is 17.1. The van der Waals surface area contributed by atoms with Gasteiger partial charge < -0.3 is 14.2 Å². The van der Waals surface area contributed by atoms with Crippen LogP contribution >= 0.6 is 0 Å². The number of hydrogen-bond acceptors (Lipinski definition) is 6. The Bertz CT molecular complexity index is 942. The van der Waals surface area contributed by atoms with Gasteiger partial charge in [-0.05, 0) is 70.6 Å². The van der Waals surface area contributed by atoms with Crippen molar-refractivity contribution < 1.29 is 28.6 Å². The van der Waals surface area contributed by atoms with Crippen LogP contribution in [0.4, 0.5) is 0 Å². The first-order valence-corrected chi connectivity index (χ1v) is 25.3. The molecule has 0 rings (SSSR count). The predicted octanol–water partition coefficient (Wildman–Crippen LogP) is 16.4. The number of unbranched alkanes of at least 4 members (excludes halogenated alkanes) is 31. The smallest absolute Gasteiger partial charge is 0.306 e. The quantitative estimate of drug-likeness (QED) is 0.0263. The molecule has 0 bridgehead atoms. The Kier molecular flexibility index (Phi) is 45.8. The molecular formula is C52H96O6. The molecule has 0 radical (unpaired) electrons. The van der Waals surface area contributed by atoms with Crippen LogP contribution in [-0.4, -0.2) is 37.2 Å². The number of allylic oxidation sites excluding steroid dienone is 4. The topological polar surface area (TPSA) is 78.9 Å². The van der Waals surface area contributed by atoms with E-state index in [1.54, 1.807) is 0 Å². The Hall–Kier alpha value is -2.11. The van der Waals surface area contributed by atoms with E-state index in [0.717, 1.165) is 64.2 Å². The Morgan fingerprint density at radius 3 is 0.862 bits per heavy atom. The van der Waals surface area contributed by atoms with Crippen molar-refractivity contribution in [2.45, 2.75) is 277 Å². The number of carbonyl (C=O) groups is 3. The van der Waals surface area contributed by atoms with Crippen LogP contribution in [0.15, 0.2) is 24.3 Å². The molecule has 6 heteroatoms. The highest BCUT2D eigenvalue weighted by Gasteiger charge is 2.19. The third kappa shape index (κ3) is 45.0. The zero-order chi connectivity index (χ0) is 42.3. The first-order chi connectivity index (χ1) is 28.5. The van der Waals surface area contributed by atoms with Crippen LogP contribution in [0, 0.1) is 0 Å². The molecule has 1 atom stereocenters. The molecule has 0 aliphatic heterocycles. The van der Waals surface area contributed by atoms with Gasteiger partial charge in [-0.3, -0.25) is 14.4 Å². The largest absolute Gasteiger partial charge is 0.462 e. The molecule has 0 aromatic rings. The van der Waals surface area contributed by atoms with E-state index < -0.39 is 6.10 Å². The molecule has 0 amide bonds. The number of rotatable bonds is 46. The first kappa shape index (κ1) is 55.9. The second kappa shape index (κ2) is 47.6. The zero-order valence-electron chi connectivity index (χ0n) is 38.8. The van der Waals surface area contributed by atoms with E-state index in [-0.39, 0.29) is 31.1 Å². The zero-order valence-corrected chi connectivity index (χ0v) is 38.8. The summed E-state index contributed by atoms with van der Waals surface area (Å²) in [5, 5.41) is 0. The van der Waals surface area contributed by atoms with Gasteiger partial charge >= 0.3 is 17.9 Å². The fraction of sp³-hybridized carbons (Fsp3) is 0.865. The number of ether oxygens (including phenoxy) is 3. The normalized spacial score (nSPS) is 12.1. The van der Waals surface area contributed by atoms with Gasteiger partial charge in [0.25, 0.3) is 0 Å². The summed E-state index contributed by atoms with van der Waals surface area (Å²) in [6.45, 7) is 6.59. The third-order valence-corrected chi connectivity index (χ3v) is 11.2. The average molecular weight is 817 g/mol. The van der Waals surface area contributed by atoms with Crippen LogP contribution in [0.25, 0.3) is 0 Å². The Morgan fingerprint density at radius 2 is 0.569 bits per heavy atom. The van der Waals surface area contributed by atoms with Crippen molar-refractivity contribution >= 4 is 17.9 Å². The van der Waals surface area contributed by atoms with Crippen molar-refractivity contribution in [2.75, 3.05) is 13.2 Å². The van der Waals surface area contributed by atoms with Gasteiger partial charge in [-0.2, -0.15) is 0 Å². The van der Waals surface area contributed by atoms with Crippen LogP contribution < -0.4 is 0 Å². The van der Waals surface area contributed by atoms with Crippen LogP contribution in [0.1, 0.15) is 271 Å². The lowest BCUT2D eigenvalue weighted by Crippen LogP contribution is -2.30. The summed E-state index contributed by atoms with van der Waals surface area (Å²) in [4.78, 5) is 37.7. The highest BCUT2D eigenvalue weighted by Crippen LogP contribution is 2.15. The molecule has 0 fully saturated rings. The Balaban J connectivity index is 4.22. The third-order valence-electron chi connectivity index (χ3n) is 11.2. The van der Waals surface area contributed by atoms with E-state index in [2.05, 4.69) is 45.1 Å². The Labute approximate surface area is 360 Å². The van der Waals surface area contributed by atoms with E-state index in [0.29, 0.717) is 19.3 Å². The van der Waals surface area contributed by atoms with Gasteiger partial charge in [-0.15, -0.1) is 0 Å². The molecule has 0 aromatic heterocycles. The summed E-state index contributed by atoms with van der Waals surface area (Å²) in [6.07, 6.45) is 53.2. The summed E-state index contributed by atoms with van der Waals surface area (Å²) in [6, 6.07) is 0. The van der Waals surface area contributed by atoms with E-state index in [1.165, 1.54) is 167 Å². The number of esters is 3. The van der Waals surface area contributed by atoms with E-state index in [9.17, 15) is 14.4 Å². The van der Waals surface area contributed by atoms with Crippen LogP contribution in [0.2, 0.25) is 0 Å². The van der Waals surface area contributed by atoms with E-state index in [1.807, 2.05) is 0 Å². The monoisotopic (exact) mass is 817 g/mol. The van der Waals surface area contributed by atoms with Gasteiger partial charge in [-0.1, -0.05) is 206 Å². The van der Waals surface area contributed by atoms with Crippen molar-refractivity contribution in [3.05, 3.63) is 24.3 Å². The van der Waals surface area contributed by atoms with Crippen LogP contribution in [0.5, 0.6) is 0 Å². The summed E-state index contributed by atoms with van der Waals surface area (Å²) in [7, 11) is 0. The molecule has 0 aromatic carbocycles. The van der Waals surface area contributed by atoms with Crippen molar-refractivity contribution in [3.8, 4) is 0 Å². The van der Waals surface area contributed by atoms with Crippen LogP contribution in [0.3, 0.4) is 0 Å². The lowest BCUT2D eigenvalue weighted by Gasteiger charge is -2.18. The molecule has 1 unspecified atom stereocenters. The molecule has 0 aliphatic rings. The van der Waals surface area contributed by atoms with Crippen molar-refractivity contribution in [1.82, 2.24) is 0 Å². The minimum absolute atomic E-state index is 0.0729. The maximum Gasteiger partial charge on any atom is 0.306 e. The summed E-state index contributed by atoms with van der Waals surface area (Å²) in [5.41, 5.74) is 0. The van der Waals surface area contributed by atoms with E-state index >= 15 is 0 Å². The fourth-order valence-corrected chi connectivity index (χ4v) is 7.31. The van der Waals surface area contributed by atoms with Gasteiger partial charge in [-0.25, -0.2) is 0 Å². The van der Waals surface area contributed by atoms with Crippen molar-refractivity contribution in [1.29, 1.82) is 0 Å². The minimum Gasteiger partial charge on any atom is -0.462 e. The molecule has 0 N–H and O–H groups in total. The molecule has 0 spiro atoms. The first-order valence-electron chi connectivity index (χ1n) is 25.3. The molecule has 0 saturated carbocycles. The Morgan fingerprint density at radius 1 is 0.328 bits per heavy atom. The molecular weight excluding hydrogens is 721 g/mol. The SMILES string of the molecule is CCCCCCC/C=C\CCCCCCCC(=O)OC(COC(=O)CCCCCCCCC)COC(=O)CCCCCCCCCCC/C=C\CCCCCCCC. The van der Waals surface area contributed by atoms with Gasteiger partial charge in [0.05, 0.1) is 0 Å². The molecule has 0 heterocycles. The maximum atomic E-state index is 12.7. The van der Waals surface area contributed by atoms with Gasteiger partial charge in [0.15, 0.2) is 6.10 Å². The van der Waals surface area contributed by atoms with Crippen molar-refractivity contribution in [3.63, 3.8) is 0 Å². The van der Waals surface area contributed by atoms with Crippen molar-refractivity contribution in [2.24, 2.45) is 0 Å². The lowest BCUT2D eigenvalue weighted by molar-refractivity contribution is -0.167. The number of carbonyl (C=O) groups excluding carboxylic acids is 3. The van der Waals surface area contributed by atoms with Gasteiger partial charge in [0, 0.05) is 19.3 Å². The fourth-order valence-electron chi connectivity index (χ4n) is 7.31. The van der Waals surface area contributed by atoms with E-state index in [4.69, 9.17) is 14.2 Å². The highest BCUT2D eigenvalue weighted by atomic mass is 16.6. The molecule has 0 saturated heterocycles.